The number of hydrogen-bond donors (Lipinski definition) is 0. The molecule has 0 aliphatic carbocycles. The van der Waals surface area contributed by atoms with E-state index >= 15 is 0 Å². The smallest absolute Gasteiger partial charge is 0.00923 e. The van der Waals surface area contributed by atoms with E-state index in [9.17, 15) is 0 Å². The molecule has 0 saturated carbocycles. The average Bonchev–Trinajstić information content (AvgIpc) is 3.25. The summed E-state index contributed by atoms with van der Waals surface area (Å²) < 4.78 is 0. The van der Waals surface area contributed by atoms with E-state index in [-0.39, 0.29) is 0 Å². The Morgan fingerprint density at radius 1 is 0.167 bits per heavy atom. The second kappa shape index (κ2) is 12.3. The second-order valence-electron chi connectivity index (χ2n) is 14.4. The topological polar surface area (TPSA) is 0 Å². The Hall–Kier alpha value is -7.02. The summed E-state index contributed by atoms with van der Waals surface area (Å²) in [5.41, 5.74) is 9.95. The van der Waals surface area contributed by atoms with Gasteiger partial charge in [0, 0.05) is 0 Å². The predicted octanol–water partition coefficient (Wildman–Crippen LogP) is 15.3. The first-order valence-corrected chi connectivity index (χ1v) is 18.8. The van der Waals surface area contributed by atoms with Gasteiger partial charge in [-0.15, -0.1) is 0 Å². The molecule has 0 amide bonds. The minimum atomic E-state index is 1.22. The van der Waals surface area contributed by atoms with Gasteiger partial charge in [0.1, 0.15) is 0 Å². The van der Waals surface area contributed by atoms with Crippen LogP contribution < -0.4 is 0 Å². The van der Waals surface area contributed by atoms with Crippen LogP contribution in [0, 0.1) is 0 Å². The molecule has 11 rings (SSSR count). The molecule has 0 spiro atoms. The molecule has 0 N–H and O–H groups in total. The summed E-state index contributed by atoms with van der Waals surface area (Å²) in [7, 11) is 0. The summed E-state index contributed by atoms with van der Waals surface area (Å²) in [6, 6.07) is 76.1. The van der Waals surface area contributed by atoms with E-state index in [0.29, 0.717) is 0 Å². The Bertz CT molecular complexity index is 3230. The highest BCUT2D eigenvalue weighted by Gasteiger charge is 2.16. The van der Waals surface area contributed by atoms with Crippen LogP contribution in [-0.4, -0.2) is 0 Å². The second-order valence-corrected chi connectivity index (χ2v) is 14.4. The van der Waals surface area contributed by atoms with Crippen molar-refractivity contribution in [2.75, 3.05) is 0 Å². The lowest BCUT2D eigenvalue weighted by atomic mass is 9.87. The van der Waals surface area contributed by atoms with Crippen LogP contribution in [0.15, 0.2) is 206 Å². The zero-order chi connectivity index (χ0) is 35.6. The number of rotatable bonds is 4. The number of hydrogen-bond acceptors (Lipinski definition) is 0. The standard InChI is InChI=1S/C54H34/c1-3-15-41-35(12-1)14-11-23-42(41)36-24-26-38(27-25-36)51-33-53-49-22-10-8-20-47(49)52(34-54(53)48-21-9-7-19-46(48)51)39-30-28-37(29-31-39)50-32-40-13-2-4-16-43(40)44-17-5-6-18-45(44)50/h1-34H. The van der Waals surface area contributed by atoms with Crippen LogP contribution >= 0.6 is 0 Å². The van der Waals surface area contributed by atoms with Crippen molar-refractivity contribution in [1.29, 1.82) is 0 Å². The quantitative estimate of drug-likeness (QED) is 0.162. The lowest BCUT2D eigenvalue weighted by Gasteiger charge is -2.17. The van der Waals surface area contributed by atoms with Crippen molar-refractivity contribution in [3.63, 3.8) is 0 Å². The Labute approximate surface area is 314 Å². The Morgan fingerprint density at radius 2 is 0.500 bits per heavy atom. The fraction of sp³-hybridized carbons (Fsp3) is 0. The third-order valence-electron chi connectivity index (χ3n) is 11.5. The highest BCUT2D eigenvalue weighted by atomic mass is 14.2. The maximum Gasteiger partial charge on any atom is -0.00923 e. The number of fused-ring (bicyclic) bond motifs is 9. The molecule has 0 heterocycles. The fourth-order valence-corrected chi connectivity index (χ4v) is 8.86. The average molecular weight is 683 g/mol. The van der Waals surface area contributed by atoms with Crippen molar-refractivity contribution >= 4 is 64.6 Å². The maximum absolute atomic E-state index is 2.42. The molecule has 0 aromatic heterocycles. The predicted molar refractivity (Wildman–Crippen MR) is 233 cm³/mol. The zero-order valence-electron chi connectivity index (χ0n) is 29.6. The van der Waals surface area contributed by atoms with Gasteiger partial charge in [0.2, 0.25) is 0 Å². The molecule has 0 radical (unpaired) electrons. The third-order valence-corrected chi connectivity index (χ3v) is 11.5. The van der Waals surface area contributed by atoms with Crippen LogP contribution in [0.1, 0.15) is 0 Å². The van der Waals surface area contributed by atoms with Crippen molar-refractivity contribution < 1.29 is 0 Å². The molecule has 54 heavy (non-hydrogen) atoms. The molecule has 0 atom stereocenters. The lowest BCUT2D eigenvalue weighted by molar-refractivity contribution is 1.63. The molecule has 0 aliphatic rings. The fourth-order valence-electron chi connectivity index (χ4n) is 8.86. The summed E-state index contributed by atoms with van der Waals surface area (Å²) in [6.07, 6.45) is 0. The van der Waals surface area contributed by atoms with Gasteiger partial charge in [0.05, 0.1) is 0 Å². The van der Waals surface area contributed by atoms with Crippen molar-refractivity contribution in [3.8, 4) is 44.5 Å². The van der Waals surface area contributed by atoms with Crippen LogP contribution in [0.25, 0.3) is 109 Å². The molecule has 11 aromatic carbocycles. The van der Waals surface area contributed by atoms with E-state index in [2.05, 4.69) is 206 Å². The van der Waals surface area contributed by atoms with Crippen LogP contribution in [0.2, 0.25) is 0 Å². The van der Waals surface area contributed by atoms with Crippen molar-refractivity contribution in [2.45, 2.75) is 0 Å². The van der Waals surface area contributed by atoms with E-state index in [0.717, 1.165) is 0 Å². The van der Waals surface area contributed by atoms with Crippen LogP contribution in [-0.2, 0) is 0 Å². The zero-order valence-corrected chi connectivity index (χ0v) is 29.6. The van der Waals surface area contributed by atoms with E-state index in [1.807, 2.05) is 0 Å². The van der Waals surface area contributed by atoms with E-state index < -0.39 is 0 Å². The Balaban J connectivity index is 1.05. The Morgan fingerprint density at radius 3 is 1.00 bits per heavy atom. The largest absolute Gasteiger partial charge is 0.0616 e. The van der Waals surface area contributed by atoms with Crippen LogP contribution in [0.4, 0.5) is 0 Å². The first-order valence-electron chi connectivity index (χ1n) is 18.8. The highest BCUT2D eigenvalue weighted by Crippen LogP contribution is 2.43. The summed E-state index contributed by atoms with van der Waals surface area (Å²) in [6.45, 7) is 0. The minimum absolute atomic E-state index is 1.22. The van der Waals surface area contributed by atoms with E-state index in [1.165, 1.54) is 109 Å². The number of benzene rings is 11. The molecule has 250 valence electrons. The molecule has 0 saturated heterocycles. The molecule has 0 fully saturated rings. The van der Waals surface area contributed by atoms with Gasteiger partial charge >= 0.3 is 0 Å². The summed E-state index contributed by atoms with van der Waals surface area (Å²) >= 11 is 0. The summed E-state index contributed by atoms with van der Waals surface area (Å²) in [5.74, 6) is 0. The molecule has 0 nitrogen and oxygen atoms in total. The van der Waals surface area contributed by atoms with Gasteiger partial charge in [-0.3, -0.25) is 0 Å². The monoisotopic (exact) mass is 682 g/mol. The first-order chi connectivity index (χ1) is 26.8. The van der Waals surface area contributed by atoms with Gasteiger partial charge in [-0.05, 0) is 127 Å². The Kier molecular flexibility index (Phi) is 6.97. The van der Waals surface area contributed by atoms with Gasteiger partial charge in [-0.25, -0.2) is 0 Å². The molecule has 0 bridgehead atoms. The normalized spacial score (nSPS) is 11.7. The van der Waals surface area contributed by atoms with Crippen LogP contribution in [0.5, 0.6) is 0 Å². The molecular weight excluding hydrogens is 649 g/mol. The molecule has 0 unspecified atom stereocenters. The maximum atomic E-state index is 2.42. The summed E-state index contributed by atoms with van der Waals surface area (Å²) in [5, 5.41) is 15.3. The summed E-state index contributed by atoms with van der Waals surface area (Å²) in [4.78, 5) is 0. The van der Waals surface area contributed by atoms with E-state index in [1.54, 1.807) is 0 Å². The minimum Gasteiger partial charge on any atom is -0.0616 e. The van der Waals surface area contributed by atoms with Gasteiger partial charge in [0.25, 0.3) is 0 Å². The highest BCUT2D eigenvalue weighted by molar-refractivity contribution is 6.24. The molecule has 0 heteroatoms. The van der Waals surface area contributed by atoms with Crippen molar-refractivity contribution in [3.05, 3.63) is 206 Å². The third kappa shape index (κ3) is 4.85. The lowest BCUT2D eigenvalue weighted by Crippen LogP contribution is -1.90. The molecule has 0 aliphatic heterocycles. The first kappa shape index (κ1) is 30.6. The molecule has 11 aromatic rings. The van der Waals surface area contributed by atoms with Gasteiger partial charge < -0.3 is 0 Å². The van der Waals surface area contributed by atoms with Crippen LogP contribution in [0.3, 0.4) is 0 Å². The van der Waals surface area contributed by atoms with Gasteiger partial charge in [-0.2, -0.15) is 0 Å². The van der Waals surface area contributed by atoms with Gasteiger partial charge in [0.15, 0.2) is 0 Å². The SMILES string of the molecule is c1ccc2c(-c3ccc(-c4cc5c6ccccc6c(-c6ccc(-c7cc8ccccc8c8ccccc78)cc6)cc5c5ccccc45)cc3)cccc2c1. The van der Waals surface area contributed by atoms with Crippen molar-refractivity contribution in [2.24, 2.45) is 0 Å². The molecular formula is C54H34. The van der Waals surface area contributed by atoms with Gasteiger partial charge in [-0.1, -0.05) is 188 Å². The van der Waals surface area contributed by atoms with Crippen molar-refractivity contribution in [1.82, 2.24) is 0 Å². The van der Waals surface area contributed by atoms with E-state index in [4.69, 9.17) is 0 Å².